The van der Waals surface area contributed by atoms with E-state index < -0.39 is 11.8 Å². The fourth-order valence-electron chi connectivity index (χ4n) is 4.44. The summed E-state index contributed by atoms with van der Waals surface area (Å²) >= 11 is 0. The molecule has 33 heavy (non-hydrogen) atoms. The SMILES string of the molecule is CCOC(=O)C(=O)C1=CNC2C=CC=C(C(=O)N3CCC(Cc4ccc(F)cc4)CC3)C=C12. The molecule has 2 heterocycles. The van der Waals surface area contributed by atoms with Crippen molar-refractivity contribution in [2.24, 2.45) is 5.92 Å². The van der Waals surface area contributed by atoms with Crippen molar-refractivity contribution in [1.29, 1.82) is 0 Å². The second-order valence-electron chi connectivity index (χ2n) is 8.42. The molecule has 0 bridgehead atoms. The molecule has 0 saturated carbocycles. The molecule has 6 nitrogen and oxygen atoms in total. The number of fused-ring (bicyclic) bond motifs is 1. The minimum atomic E-state index is -0.902. The van der Waals surface area contributed by atoms with Crippen LogP contribution in [0.1, 0.15) is 25.3 Å². The Morgan fingerprint density at radius 3 is 2.58 bits per heavy atom. The molecule has 2 aliphatic heterocycles. The molecule has 1 aromatic carbocycles. The van der Waals surface area contributed by atoms with Crippen LogP contribution < -0.4 is 5.32 Å². The van der Waals surface area contributed by atoms with Crippen LogP contribution in [0.3, 0.4) is 0 Å². The Kier molecular flexibility index (Phi) is 6.87. The van der Waals surface area contributed by atoms with E-state index in [0.29, 0.717) is 30.2 Å². The number of carbonyl (C=O) groups excluding carboxylic acids is 3. The van der Waals surface area contributed by atoms with Gasteiger partial charge >= 0.3 is 5.97 Å². The quantitative estimate of drug-likeness (QED) is 0.533. The molecule has 1 amide bonds. The normalized spacial score (nSPS) is 20.1. The lowest BCUT2D eigenvalue weighted by atomic mass is 9.90. The Balaban J connectivity index is 1.41. The van der Waals surface area contributed by atoms with Crippen molar-refractivity contribution < 1.29 is 23.5 Å². The first-order valence-corrected chi connectivity index (χ1v) is 11.3. The van der Waals surface area contributed by atoms with Gasteiger partial charge < -0.3 is 15.0 Å². The van der Waals surface area contributed by atoms with Crippen LogP contribution in [-0.4, -0.2) is 48.3 Å². The molecule has 0 spiro atoms. The van der Waals surface area contributed by atoms with Gasteiger partial charge in [0.25, 0.3) is 11.7 Å². The maximum Gasteiger partial charge on any atom is 0.379 e. The standard InChI is InChI=1S/C26H27FN2O4/c1-2-33-26(32)24(30)22-16-28-23-5-3-4-19(15-21(22)23)25(31)29-12-10-18(11-13-29)14-17-6-8-20(27)9-7-17/h3-9,15-16,18,23,28H,2,10-14H2,1H3. The number of piperidine rings is 1. The van der Waals surface area contributed by atoms with Crippen molar-refractivity contribution in [3.8, 4) is 0 Å². The number of nitrogens with zero attached hydrogens (tertiary/aromatic N) is 1. The number of carbonyl (C=O) groups is 3. The highest BCUT2D eigenvalue weighted by atomic mass is 19.1. The molecular weight excluding hydrogens is 423 g/mol. The first kappa shape index (κ1) is 22.7. The number of allylic oxidation sites excluding steroid dienone is 2. The zero-order valence-electron chi connectivity index (χ0n) is 18.6. The van der Waals surface area contributed by atoms with Crippen LogP contribution >= 0.6 is 0 Å². The lowest BCUT2D eigenvalue weighted by Crippen LogP contribution is -2.39. The highest BCUT2D eigenvalue weighted by Gasteiger charge is 2.33. The van der Waals surface area contributed by atoms with Gasteiger partial charge in [0, 0.05) is 24.9 Å². The molecule has 1 N–H and O–H groups in total. The summed E-state index contributed by atoms with van der Waals surface area (Å²) in [5.74, 6) is -1.51. The second-order valence-corrected chi connectivity index (χ2v) is 8.42. The Bertz CT molecular complexity index is 1060. The fourth-order valence-corrected chi connectivity index (χ4v) is 4.44. The second kappa shape index (κ2) is 9.98. The third-order valence-corrected chi connectivity index (χ3v) is 6.24. The summed E-state index contributed by atoms with van der Waals surface area (Å²) in [6.45, 7) is 3.04. The third kappa shape index (κ3) is 5.13. The van der Waals surface area contributed by atoms with E-state index in [1.54, 1.807) is 25.2 Å². The van der Waals surface area contributed by atoms with Crippen LogP contribution in [0.4, 0.5) is 4.39 Å². The van der Waals surface area contributed by atoms with Gasteiger partial charge in [-0.15, -0.1) is 0 Å². The van der Waals surface area contributed by atoms with E-state index in [-0.39, 0.29) is 29.9 Å². The molecule has 1 aromatic rings. The van der Waals surface area contributed by atoms with E-state index in [1.165, 1.54) is 18.3 Å². The first-order valence-electron chi connectivity index (χ1n) is 11.3. The van der Waals surface area contributed by atoms with Crippen molar-refractivity contribution in [2.45, 2.75) is 32.2 Å². The van der Waals surface area contributed by atoms with Crippen molar-refractivity contribution in [1.82, 2.24) is 10.2 Å². The number of hydrogen-bond donors (Lipinski definition) is 1. The number of nitrogens with one attached hydrogen (secondary N) is 1. The molecule has 1 aliphatic carbocycles. The summed E-state index contributed by atoms with van der Waals surface area (Å²) in [7, 11) is 0. The number of amides is 1. The van der Waals surface area contributed by atoms with Crippen LogP contribution in [-0.2, 0) is 25.5 Å². The van der Waals surface area contributed by atoms with E-state index in [4.69, 9.17) is 4.74 Å². The highest BCUT2D eigenvalue weighted by Crippen LogP contribution is 2.28. The van der Waals surface area contributed by atoms with E-state index in [2.05, 4.69) is 5.32 Å². The Morgan fingerprint density at radius 2 is 1.88 bits per heavy atom. The lowest BCUT2D eigenvalue weighted by molar-refractivity contribution is -0.151. The summed E-state index contributed by atoms with van der Waals surface area (Å²) in [6.07, 6.45) is 11.2. The maximum absolute atomic E-state index is 13.2. The van der Waals surface area contributed by atoms with E-state index in [1.807, 2.05) is 23.1 Å². The van der Waals surface area contributed by atoms with Crippen molar-refractivity contribution in [3.63, 3.8) is 0 Å². The smallest absolute Gasteiger partial charge is 0.379 e. The molecule has 4 rings (SSSR count). The molecule has 3 aliphatic rings. The largest absolute Gasteiger partial charge is 0.460 e. The predicted molar refractivity (Wildman–Crippen MR) is 121 cm³/mol. The fraction of sp³-hybridized carbons (Fsp3) is 0.346. The van der Waals surface area contributed by atoms with Crippen molar-refractivity contribution >= 4 is 17.7 Å². The molecule has 1 unspecified atom stereocenters. The number of esters is 1. The predicted octanol–water partition coefficient (Wildman–Crippen LogP) is 3.02. The summed E-state index contributed by atoms with van der Waals surface area (Å²) in [5, 5.41) is 3.07. The Morgan fingerprint density at radius 1 is 1.15 bits per heavy atom. The van der Waals surface area contributed by atoms with Gasteiger partial charge in [0.05, 0.1) is 18.2 Å². The van der Waals surface area contributed by atoms with Gasteiger partial charge in [0.2, 0.25) is 0 Å². The van der Waals surface area contributed by atoms with Crippen LogP contribution in [0, 0.1) is 11.7 Å². The first-order chi connectivity index (χ1) is 16.0. The summed E-state index contributed by atoms with van der Waals surface area (Å²) in [4.78, 5) is 39.5. The van der Waals surface area contributed by atoms with Crippen LogP contribution in [0.5, 0.6) is 0 Å². The molecule has 1 atom stereocenters. The van der Waals surface area contributed by atoms with E-state index >= 15 is 0 Å². The number of rotatable bonds is 6. The summed E-state index contributed by atoms with van der Waals surface area (Å²) in [5.41, 5.74) is 2.40. The monoisotopic (exact) mass is 450 g/mol. The average molecular weight is 451 g/mol. The summed E-state index contributed by atoms with van der Waals surface area (Å²) < 4.78 is 18.0. The van der Waals surface area contributed by atoms with Crippen molar-refractivity contribution in [3.05, 3.63) is 82.9 Å². The van der Waals surface area contributed by atoms with Gasteiger partial charge in [0.15, 0.2) is 0 Å². The van der Waals surface area contributed by atoms with Crippen LogP contribution in [0.2, 0.25) is 0 Å². The molecule has 0 radical (unpaired) electrons. The molecule has 7 heteroatoms. The Hall–Kier alpha value is -3.48. The number of benzene rings is 1. The Labute approximate surface area is 192 Å². The topological polar surface area (TPSA) is 75.7 Å². The van der Waals surface area contributed by atoms with Gasteiger partial charge in [-0.05, 0) is 67.5 Å². The molecule has 0 aromatic heterocycles. The molecule has 1 saturated heterocycles. The number of halogens is 1. The number of ketones is 1. The number of likely N-dealkylation sites (tertiary alicyclic amines) is 1. The number of ether oxygens (including phenoxy) is 1. The molecular formula is C26H27FN2O4. The molecule has 172 valence electrons. The maximum atomic E-state index is 13.2. The average Bonchev–Trinajstić information content (AvgIpc) is 3.09. The zero-order valence-corrected chi connectivity index (χ0v) is 18.6. The lowest BCUT2D eigenvalue weighted by Gasteiger charge is -2.32. The van der Waals surface area contributed by atoms with Crippen molar-refractivity contribution in [2.75, 3.05) is 19.7 Å². The summed E-state index contributed by atoms with van der Waals surface area (Å²) in [6, 6.07) is 6.32. The third-order valence-electron chi connectivity index (χ3n) is 6.24. The van der Waals surface area contributed by atoms with E-state index in [0.717, 1.165) is 24.8 Å². The number of Topliss-reactive ketones (excluding diaryl/α,β-unsaturated/α-hetero) is 1. The van der Waals surface area contributed by atoms with Crippen LogP contribution in [0.25, 0.3) is 0 Å². The zero-order chi connectivity index (χ0) is 23.4. The number of hydrogen-bond acceptors (Lipinski definition) is 5. The molecule has 1 fully saturated rings. The van der Waals surface area contributed by atoms with Gasteiger partial charge in [-0.2, -0.15) is 0 Å². The van der Waals surface area contributed by atoms with Crippen LogP contribution in [0.15, 0.2) is 71.5 Å². The van der Waals surface area contributed by atoms with Gasteiger partial charge in [0.1, 0.15) is 5.82 Å². The minimum absolute atomic E-state index is 0.0946. The van der Waals surface area contributed by atoms with Gasteiger partial charge in [-0.1, -0.05) is 24.3 Å². The van der Waals surface area contributed by atoms with Gasteiger partial charge in [-0.25, -0.2) is 9.18 Å². The minimum Gasteiger partial charge on any atom is -0.460 e. The highest BCUT2D eigenvalue weighted by molar-refractivity contribution is 6.41. The van der Waals surface area contributed by atoms with E-state index in [9.17, 15) is 18.8 Å². The van der Waals surface area contributed by atoms with Gasteiger partial charge in [-0.3, -0.25) is 9.59 Å².